The second kappa shape index (κ2) is 8.94. The lowest BCUT2D eigenvalue weighted by Crippen LogP contribution is -2.47. The number of carbonyl (C=O) groups excluding carboxylic acids is 3. The summed E-state index contributed by atoms with van der Waals surface area (Å²) in [5.41, 5.74) is -0.972. The predicted molar refractivity (Wildman–Crippen MR) is 75.9 cm³/mol. The van der Waals surface area contributed by atoms with E-state index in [1.807, 2.05) is 0 Å². The fourth-order valence-electron chi connectivity index (χ4n) is 1.43. The van der Waals surface area contributed by atoms with Gasteiger partial charge in [-0.25, -0.2) is 4.79 Å². The van der Waals surface area contributed by atoms with Gasteiger partial charge in [-0.15, -0.1) is 0 Å². The molecular weight excluding hydrogens is 376 g/mol. The summed E-state index contributed by atoms with van der Waals surface area (Å²) in [6, 6.07) is 0. The van der Waals surface area contributed by atoms with E-state index in [4.69, 9.17) is 4.74 Å². The van der Waals surface area contributed by atoms with E-state index < -0.39 is 62.0 Å². The molecule has 0 bridgehead atoms. The first kappa shape index (κ1) is 23.8. The van der Waals surface area contributed by atoms with E-state index in [-0.39, 0.29) is 0 Å². The second-order valence-electron chi connectivity index (χ2n) is 5.97. The van der Waals surface area contributed by atoms with Crippen LogP contribution >= 0.6 is 0 Å². The molecule has 0 aromatic rings. The first-order chi connectivity index (χ1) is 11.5. The number of carbonyl (C=O) groups is 3. The molecule has 0 saturated heterocycles. The number of hydrogen-bond donors (Lipinski definition) is 2. The maximum atomic E-state index is 12.1. The Morgan fingerprint density at radius 3 is 1.42 bits per heavy atom. The number of nitrogens with one attached hydrogen (secondary N) is 2. The standard InChI is InChI=1S/C13H19F6N3O4/c1-11(2,3)26-10(25)22(6-4-20-8(23)12(14,15)16)7-5-21-9(24)13(17,18)19/h4-7H2,1-3H3,(H,20,23)(H,21,24). The molecule has 0 aromatic carbocycles. The normalized spacial score (nSPS) is 12.3. The van der Waals surface area contributed by atoms with Crippen LogP contribution in [0.25, 0.3) is 0 Å². The lowest BCUT2D eigenvalue weighted by molar-refractivity contribution is -0.173. The summed E-state index contributed by atoms with van der Waals surface area (Å²) in [5.74, 6) is -4.46. The number of ether oxygens (including phenoxy) is 1. The number of amides is 3. The van der Waals surface area contributed by atoms with Crippen LogP contribution in [0.15, 0.2) is 0 Å². The van der Waals surface area contributed by atoms with Crippen molar-refractivity contribution in [3.05, 3.63) is 0 Å². The average Bonchev–Trinajstić information content (AvgIpc) is 2.41. The molecule has 0 atom stereocenters. The Kier molecular flexibility index (Phi) is 8.18. The molecule has 0 fully saturated rings. The van der Waals surface area contributed by atoms with E-state index in [0.29, 0.717) is 0 Å². The summed E-state index contributed by atoms with van der Waals surface area (Å²) >= 11 is 0. The van der Waals surface area contributed by atoms with Crippen LogP contribution in [0.2, 0.25) is 0 Å². The van der Waals surface area contributed by atoms with Gasteiger partial charge in [0.05, 0.1) is 0 Å². The molecule has 7 nitrogen and oxygen atoms in total. The summed E-state index contributed by atoms with van der Waals surface area (Å²) in [5, 5.41) is 3.03. The fraction of sp³-hybridized carbons (Fsp3) is 0.769. The van der Waals surface area contributed by atoms with Gasteiger partial charge in [-0.05, 0) is 20.8 Å². The zero-order valence-corrected chi connectivity index (χ0v) is 14.2. The van der Waals surface area contributed by atoms with Gasteiger partial charge >= 0.3 is 30.3 Å². The van der Waals surface area contributed by atoms with E-state index >= 15 is 0 Å². The summed E-state index contributed by atoms with van der Waals surface area (Å²) in [6.07, 6.45) is -11.3. The van der Waals surface area contributed by atoms with E-state index in [9.17, 15) is 40.7 Å². The van der Waals surface area contributed by atoms with Crippen molar-refractivity contribution >= 4 is 17.9 Å². The minimum atomic E-state index is -5.11. The predicted octanol–water partition coefficient (Wildman–Crippen LogP) is 1.58. The molecule has 3 amide bonds. The molecule has 26 heavy (non-hydrogen) atoms. The SMILES string of the molecule is CC(C)(C)OC(=O)N(CCNC(=O)C(F)(F)F)CCNC(=O)C(F)(F)F. The fourth-order valence-corrected chi connectivity index (χ4v) is 1.43. The molecule has 13 heteroatoms. The van der Waals surface area contributed by atoms with Crippen molar-refractivity contribution < 1.29 is 45.5 Å². The highest BCUT2D eigenvalue weighted by molar-refractivity contribution is 5.82. The summed E-state index contributed by atoms with van der Waals surface area (Å²) in [6.45, 7) is 2.31. The van der Waals surface area contributed by atoms with E-state index in [1.54, 1.807) is 0 Å². The van der Waals surface area contributed by atoms with Gasteiger partial charge in [0, 0.05) is 26.2 Å². The van der Waals surface area contributed by atoms with Crippen LogP contribution in [0.3, 0.4) is 0 Å². The van der Waals surface area contributed by atoms with Crippen molar-refractivity contribution in [2.24, 2.45) is 0 Å². The molecule has 0 aliphatic rings. The second-order valence-corrected chi connectivity index (χ2v) is 5.97. The summed E-state index contributed by atoms with van der Waals surface area (Å²) in [7, 11) is 0. The smallest absolute Gasteiger partial charge is 0.444 e. The van der Waals surface area contributed by atoms with Gasteiger partial charge in [-0.3, -0.25) is 9.59 Å². The highest BCUT2D eigenvalue weighted by atomic mass is 19.4. The Morgan fingerprint density at radius 2 is 1.15 bits per heavy atom. The van der Waals surface area contributed by atoms with Gasteiger partial charge in [0.1, 0.15) is 5.60 Å². The molecule has 0 heterocycles. The number of nitrogens with zero attached hydrogens (tertiary/aromatic N) is 1. The molecule has 0 aromatic heterocycles. The van der Waals surface area contributed by atoms with E-state index in [1.165, 1.54) is 31.4 Å². The van der Waals surface area contributed by atoms with Crippen LogP contribution < -0.4 is 10.6 Å². The minimum absolute atomic E-state index is 0.474. The van der Waals surface area contributed by atoms with Gasteiger partial charge in [-0.1, -0.05) is 0 Å². The summed E-state index contributed by atoms with van der Waals surface area (Å²) in [4.78, 5) is 34.1. The van der Waals surface area contributed by atoms with Crippen LogP contribution in [-0.2, 0) is 14.3 Å². The first-order valence-corrected chi connectivity index (χ1v) is 7.22. The topological polar surface area (TPSA) is 87.7 Å². The first-order valence-electron chi connectivity index (χ1n) is 7.22. The number of rotatable bonds is 6. The van der Waals surface area contributed by atoms with E-state index in [0.717, 1.165) is 4.90 Å². The lowest BCUT2D eigenvalue weighted by Gasteiger charge is -2.27. The monoisotopic (exact) mass is 395 g/mol. The number of alkyl halides is 6. The highest BCUT2D eigenvalue weighted by Crippen LogP contribution is 2.15. The largest absolute Gasteiger partial charge is 0.471 e. The van der Waals surface area contributed by atoms with Crippen molar-refractivity contribution in [3.8, 4) is 0 Å². The molecule has 0 aliphatic carbocycles. The zero-order chi connectivity index (χ0) is 20.8. The maximum Gasteiger partial charge on any atom is 0.471 e. The van der Waals surface area contributed by atoms with E-state index in [2.05, 4.69) is 0 Å². The molecule has 0 radical (unpaired) electrons. The van der Waals surface area contributed by atoms with Crippen molar-refractivity contribution in [2.75, 3.05) is 26.2 Å². The molecule has 152 valence electrons. The van der Waals surface area contributed by atoms with Crippen LogP contribution in [0.1, 0.15) is 20.8 Å². The zero-order valence-electron chi connectivity index (χ0n) is 14.2. The lowest BCUT2D eigenvalue weighted by atomic mass is 10.2. The Balaban J connectivity index is 4.73. The molecule has 0 saturated carbocycles. The highest BCUT2D eigenvalue weighted by Gasteiger charge is 2.39. The number of halogens is 6. The Hall–Kier alpha value is -2.21. The third kappa shape index (κ3) is 9.93. The van der Waals surface area contributed by atoms with Gasteiger partial charge in [-0.2, -0.15) is 26.3 Å². The van der Waals surface area contributed by atoms with Crippen molar-refractivity contribution in [2.45, 2.75) is 38.7 Å². The van der Waals surface area contributed by atoms with Gasteiger partial charge in [0.25, 0.3) is 0 Å². The maximum absolute atomic E-state index is 12.1. The van der Waals surface area contributed by atoms with Crippen molar-refractivity contribution in [3.63, 3.8) is 0 Å². The van der Waals surface area contributed by atoms with Crippen molar-refractivity contribution in [1.82, 2.24) is 15.5 Å². The van der Waals surface area contributed by atoms with Gasteiger partial charge < -0.3 is 20.3 Å². The Labute approximate surface area is 145 Å². The van der Waals surface area contributed by atoms with Crippen LogP contribution in [0, 0.1) is 0 Å². The quantitative estimate of drug-likeness (QED) is 0.669. The van der Waals surface area contributed by atoms with Gasteiger partial charge in [0.15, 0.2) is 0 Å². The Bertz CT molecular complexity index is 481. The van der Waals surface area contributed by atoms with Crippen LogP contribution in [-0.4, -0.2) is 66.9 Å². The third-order valence-electron chi connectivity index (χ3n) is 2.50. The molecule has 0 rings (SSSR count). The van der Waals surface area contributed by atoms with Crippen molar-refractivity contribution in [1.29, 1.82) is 0 Å². The third-order valence-corrected chi connectivity index (χ3v) is 2.50. The molecular formula is C13H19F6N3O4. The van der Waals surface area contributed by atoms with Gasteiger partial charge in [0.2, 0.25) is 0 Å². The molecule has 0 aliphatic heterocycles. The number of hydrogen-bond acceptors (Lipinski definition) is 4. The minimum Gasteiger partial charge on any atom is -0.444 e. The average molecular weight is 395 g/mol. The molecule has 0 unspecified atom stereocenters. The molecule has 0 spiro atoms. The Morgan fingerprint density at radius 1 is 0.808 bits per heavy atom. The summed E-state index contributed by atoms with van der Waals surface area (Å²) < 4.78 is 77.5. The van der Waals surface area contributed by atoms with Crippen LogP contribution in [0.4, 0.5) is 31.1 Å². The molecule has 2 N–H and O–H groups in total. The van der Waals surface area contributed by atoms with Crippen LogP contribution in [0.5, 0.6) is 0 Å².